The number of aryl methyl sites for hydroxylation is 1. The largest absolute Gasteiger partial charge is 0.481 e. The molecule has 4 nitrogen and oxygen atoms in total. The fourth-order valence-corrected chi connectivity index (χ4v) is 2.05. The summed E-state index contributed by atoms with van der Waals surface area (Å²) in [7, 11) is 0. The average Bonchev–Trinajstić information content (AvgIpc) is 2.51. The molecule has 0 aliphatic rings. The van der Waals surface area contributed by atoms with Crippen LogP contribution in [0.3, 0.4) is 0 Å². The third-order valence-corrected chi connectivity index (χ3v) is 3.33. The van der Waals surface area contributed by atoms with Gasteiger partial charge in [0.25, 0.3) is 5.91 Å². The normalized spacial score (nSPS) is 12.2. The van der Waals surface area contributed by atoms with E-state index in [1.807, 2.05) is 6.92 Å². The summed E-state index contributed by atoms with van der Waals surface area (Å²) in [6, 6.07) is 11.3. The maximum absolute atomic E-state index is 13.4. The number of halogens is 2. The minimum atomic E-state index is -0.757. The van der Waals surface area contributed by atoms with Gasteiger partial charge < -0.3 is 4.74 Å². The summed E-state index contributed by atoms with van der Waals surface area (Å²) >= 11 is 5.87. The smallest absolute Gasteiger partial charge is 0.280 e. The van der Waals surface area contributed by atoms with Crippen molar-refractivity contribution >= 4 is 23.7 Å². The van der Waals surface area contributed by atoms with Crippen LogP contribution in [0.5, 0.6) is 5.75 Å². The Kier molecular flexibility index (Phi) is 5.71. The molecule has 120 valence electrons. The van der Waals surface area contributed by atoms with E-state index in [1.165, 1.54) is 12.3 Å². The van der Waals surface area contributed by atoms with Gasteiger partial charge in [0, 0.05) is 10.6 Å². The van der Waals surface area contributed by atoms with Gasteiger partial charge in [-0.2, -0.15) is 5.10 Å². The number of carbonyl (C=O) groups is 1. The highest BCUT2D eigenvalue weighted by Gasteiger charge is 2.15. The Morgan fingerprint density at radius 2 is 2.09 bits per heavy atom. The van der Waals surface area contributed by atoms with E-state index in [0.29, 0.717) is 10.8 Å². The van der Waals surface area contributed by atoms with E-state index in [9.17, 15) is 9.18 Å². The highest BCUT2D eigenvalue weighted by atomic mass is 35.5. The molecule has 1 N–H and O–H groups in total. The average molecular weight is 335 g/mol. The summed E-state index contributed by atoms with van der Waals surface area (Å²) in [6.45, 7) is 3.43. The second kappa shape index (κ2) is 7.74. The van der Waals surface area contributed by atoms with Gasteiger partial charge in [0.05, 0.1) is 6.21 Å². The zero-order valence-electron chi connectivity index (χ0n) is 12.7. The van der Waals surface area contributed by atoms with E-state index in [-0.39, 0.29) is 5.56 Å². The first-order valence-corrected chi connectivity index (χ1v) is 7.35. The van der Waals surface area contributed by atoms with Crippen molar-refractivity contribution in [2.75, 3.05) is 0 Å². The van der Waals surface area contributed by atoms with Gasteiger partial charge in [-0.05, 0) is 43.7 Å². The van der Waals surface area contributed by atoms with Crippen LogP contribution in [-0.4, -0.2) is 18.2 Å². The Morgan fingerprint density at radius 3 is 2.78 bits per heavy atom. The highest BCUT2D eigenvalue weighted by Crippen LogP contribution is 2.22. The van der Waals surface area contributed by atoms with Crippen molar-refractivity contribution in [3.05, 3.63) is 64.4 Å². The number of carbonyl (C=O) groups excluding carboxylic acids is 1. The van der Waals surface area contributed by atoms with Gasteiger partial charge >= 0.3 is 0 Å². The lowest BCUT2D eigenvalue weighted by Crippen LogP contribution is -2.33. The second-order valence-corrected chi connectivity index (χ2v) is 5.36. The van der Waals surface area contributed by atoms with Gasteiger partial charge in [-0.25, -0.2) is 9.82 Å². The van der Waals surface area contributed by atoms with Crippen molar-refractivity contribution < 1.29 is 13.9 Å². The van der Waals surface area contributed by atoms with Crippen LogP contribution in [0, 0.1) is 12.7 Å². The summed E-state index contributed by atoms with van der Waals surface area (Å²) < 4.78 is 19.0. The maximum atomic E-state index is 13.4. The fourth-order valence-electron chi connectivity index (χ4n) is 1.83. The predicted molar refractivity (Wildman–Crippen MR) is 88.4 cm³/mol. The van der Waals surface area contributed by atoms with E-state index in [0.717, 1.165) is 5.56 Å². The van der Waals surface area contributed by atoms with Crippen molar-refractivity contribution in [2.45, 2.75) is 20.0 Å². The molecule has 0 radical (unpaired) electrons. The number of amides is 1. The molecular formula is C17H16ClFN2O2. The summed E-state index contributed by atoms with van der Waals surface area (Å²) in [5, 5.41) is 4.33. The molecule has 1 atom stereocenters. The lowest BCUT2D eigenvalue weighted by Gasteiger charge is -2.14. The van der Waals surface area contributed by atoms with E-state index in [2.05, 4.69) is 10.5 Å². The van der Waals surface area contributed by atoms with Crippen LogP contribution in [0.2, 0.25) is 5.02 Å². The molecule has 2 rings (SSSR count). The molecule has 0 saturated carbocycles. The van der Waals surface area contributed by atoms with Gasteiger partial charge in [0.1, 0.15) is 11.6 Å². The molecule has 1 unspecified atom stereocenters. The molecule has 2 aromatic carbocycles. The van der Waals surface area contributed by atoms with Crippen LogP contribution in [0.15, 0.2) is 47.6 Å². The Balaban J connectivity index is 1.94. The van der Waals surface area contributed by atoms with Crippen molar-refractivity contribution in [2.24, 2.45) is 5.10 Å². The lowest BCUT2D eigenvalue weighted by atomic mass is 10.2. The van der Waals surface area contributed by atoms with E-state index >= 15 is 0 Å². The molecule has 0 spiro atoms. The molecule has 23 heavy (non-hydrogen) atoms. The molecule has 0 aliphatic heterocycles. The minimum Gasteiger partial charge on any atom is -0.481 e. The Labute approximate surface area is 138 Å². The Morgan fingerprint density at radius 1 is 1.35 bits per heavy atom. The third-order valence-electron chi connectivity index (χ3n) is 3.09. The molecular weight excluding hydrogens is 319 g/mol. The van der Waals surface area contributed by atoms with Crippen molar-refractivity contribution in [1.82, 2.24) is 5.43 Å². The molecule has 6 heteroatoms. The topological polar surface area (TPSA) is 50.7 Å². The molecule has 0 heterocycles. The Hall–Kier alpha value is -2.40. The van der Waals surface area contributed by atoms with Gasteiger partial charge in [-0.3, -0.25) is 4.79 Å². The molecule has 0 saturated heterocycles. The molecule has 0 bridgehead atoms. The quantitative estimate of drug-likeness (QED) is 0.669. The number of hydrogen-bond donors (Lipinski definition) is 1. The summed E-state index contributed by atoms with van der Waals surface area (Å²) in [5.74, 6) is -0.284. The number of benzene rings is 2. The molecule has 0 fully saturated rings. The third kappa shape index (κ3) is 4.79. The van der Waals surface area contributed by atoms with Crippen LogP contribution in [0.4, 0.5) is 4.39 Å². The second-order valence-electron chi connectivity index (χ2n) is 4.93. The zero-order valence-corrected chi connectivity index (χ0v) is 13.5. The standard InChI is InChI=1S/C17H16ClFN2O2/c1-11-9-14(18)7-8-16(11)23-12(2)17(22)21-20-10-13-5-3-4-6-15(13)19/h3-10,12H,1-2H3,(H,21,22). The minimum absolute atomic E-state index is 0.287. The van der Waals surface area contributed by atoms with Crippen LogP contribution in [0.1, 0.15) is 18.1 Å². The van der Waals surface area contributed by atoms with Crippen LogP contribution in [-0.2, 0) is 4.79 Å². The first kappa shape index (κ1) is 17.0. The van der Waals surface area contributed by atoms with Crippen molar-refractivity contribution in [1.29, 1.82) is 0 Å². The summed E-state index contributed by atoms with van der Waals surface area (Å²) in [5.41, 5.74) is 3.43. The first-order valence-electron chi connectivity index (χ1n) is 6.97. The van der Waals surface area contributed by atoms with Gasteiger partial charge in [-0.1, -0.05) is 29.8 Å². The number of nitrogens with zero attached hydrogens (tertiary/aromatic N) is 1. The predicted octanol–water partition coefficient (Wildman–Crippen LogP) is 3.71. The van der Waals surface area contributed by atoms with Gasteiger partial charge in [-0.15, -0.1) is 0 Å². The van der Waals surface area contributed by atoms with Crippen LogP contribution < -0.4 is 10.2 Å². The number of rotatable bonds is 5. The first-order chi connectivity index (χ1) is 11.0. The number of hydrogen-bond acceptors (Lipinski definition) is 3. The number of ether oxygens (including phenoxy) is 1. The van der Waals surface area contributed by atoms with E-state index < -0.39 is 17.8 Å². The summed E-state index contributed by atoms with van der Waals surface area (Å²) in [6.07, 6.45) is 0.487. The highest BCUT2D eigenvalue weighted by molar-refractivity contribution is 6.30. The van der Waals surface area contributed by atoms with Crippen LogP contribution >= 0.6 is 11.6 Å². The van der Waals surface area contributed by atoms with Gasteiger partial charge in [0.15, 0.2) is 6.10 Å². The zero-order chi connectivity index (χ0) is 16.8. The van der Waals surface area contributed by atoms with Crippen LogP contribution in [0.25, 0.3) is 0 Å². The lowest BCUT2D eigenvalue weighted by molar-refractivity contribution is -0.127. The molecule has 1 amide bonds. The fraction of sp³-hybridized carbons (Fsp3) is 0.176. The SMILES string of the molecule is Cc1cc(Cl)ccc1OC(C)C(=O)NN=Cc1ccccc1F. The molecule has 2 aromatic rings. The van der Waals surface area contributed by atoms with Crippen molar-refractivity contribution in [3.63, 3.8) is 0 Å². The maximum Gasteiger partial charge on any atom is 0.280 e. The summed E-state index contributed by atoms with van der Waals surface area (Å²) in [4.78, 5) is 11.9. The van der Waals surface area contributed by atoms with E-state index in [4.69, 9.17) is 16.3 Å². The Bertz CT molecular complexity index is 734. The van der Waals surface area contributed by atoms with Gasteiger partial charge in [0.2, 0.25) is 0 Å². The number of hydrazone groups is 1. The number of nitrogens with one attached hydrogen (secondary N) is 1. The van der Waals surface area contributed by atoms with E-state index in [1.54, 1.807) is 43.3 Å². The van der Waals surface area contributed by atoms with Crippen molar-refractivity contribution in [3.8, 4) is 5.75 Å². The molecule has 0 aliphatic carbocycles. The molecule has 0 aromatic heterocycles. The monoisotopic (exact) mass is 334 g/mol.